The Labute approximate surface area is 108 Å². The molecule has 1 fully saturated rings. The Morgan fingerprint density at radius 3 is 3.00 bits per heavy atom. The normalized spacial score (nSPS) is 22.0. The van der Waals surface area contributed by atoms with Gasteiger partial charge in [0.15, 0.2) is 0 Å². The first-order valence-electron chi connectivity index (χ1n) is 6.47. The molecule has 1 saturated heterocycles. The van der Waals surface area contributed by atoms with Crippen molar-refractivity contribution >= 4 is 5.69 Å². The van der Waals surface area contributed by atoms with E-state index in [1.807, 2.05) is 19.9 Å². The van der Waals surface area contributed by atoms with E-state index in [4.69, 9.17) is 10.5 Å². The number of benzene rings is 1. The first-order chi connectivity index (χ1) is 8.58. The van der Waals surface area contributed by atoms with Crippen molar-refractivity contribution < 1.29 is 9.13 Å². The molecule has 0 spiro atoms. The van der Waals surface area contributed by atoms with Gasteiger partial charge in [-0.1, -0.05) is 12.1 Å². The van der Waals surface area contributed by atoms with Crippen LogP contribution in [0.15, 0.2) is 18.2 Å². The number of nitrogens with two attached hydrogens (primary N) is 1. The van der Waals surface area contributed by atoms with E-state index in [1.54, 1.807) is 6.07 Å². The molecule has 0 saturated carbocycles. The summed E-state index contributed by atoms with van der Waals surface area (Å²) in [7, 11) is 0. The Bertz CT molecular complexity index is 409. The third-order valence-corrected chi connectivity index (χ3v) is 3.17. The van der Waals surface area contributed by atoms with Crippen molar-refractivity contribution in [2.24, 2.45) is 5.73 Å². The third kappa shape index (κ3) is 3.00. The van der Waals surface area contributed by atoms with Crippen LogP contribution in [0.4, 0.5) is 10.1 Å². The Hall–Kier alpha value is -1.13. The first-order valence-corrected chi connectivity index (χ1v) is 6.47. The van der Waals surface area contributed by atoms with Crippen LogP contribution in [0, 0.1) is 5.82 Å². The quantitative estimate of drug-likeness (QED) is 0.893. The molecule has 100 valence electrons. The number of ether oxygens (including phenoxy) is 1. The van der Waals surface area contributed by atoms with E-state index in [2.05, 4.69) is 4.90 Å². The molecule has 0 radical (unpaired) electrons. The maximum absolute atomic E-state index is 14.1. The summed E-state index contributed by atoms with van der Waals surface area (Å²) in [6.07, 6.45) is 0.834. The molecule has 3 nitrogen and oxygen atoms in total. The van der Waals surface area contributed by atoms with Gasteiger partial charge in [-0.15, -0.1) is 0 Å². The van der Waals surface area contributed by atoms with Gasteiger partial charge in [-0.3, -0.25) is 0 Å². The smallest absolute Gasteiger partial charge is 0.146 e. The third-order valence-electron chi connectivity index (χ3n) is 3.17. The molecular weight excluding hydrogens is 231 g/mol. The number of rotatable bonds is 3. The van der Waals surface area contributed by atoms with Crippen LogP contribution in [0.3, 0.4) is 0 Å². The fourth-order valence-electron chi connectivity index (χ4n) is 2.45. The van der Waals surface area contributed by atoms with E-state index < -0.39 is 0 Å². The molecule has 2 N–H and O–H groups in total. The van der Waals surface area contributed by atoms with Gasteiger partial charge in [-0.05, 0) is 31.9 Å². The zero-order valence-electron chi connectivity index (χ0n) is 11.0. The van der Waals surface area contributed by atoms with Gasteiger partial charge in [-0.2, -0.15) is 0 Å². The highest BCUT2D eigenvalue weighted by Gasteiger charge is 2.22. The molecule has 1 aromatic carbocycles. The zero-order valence-corrected chi connectivity index (χ0v) is 11.0. The van der Waals surface area contributed by atoms with Crippen LogP contribution in [0.5, 0.6) is 0 Å². The molecule has 0 aliphatic carbocycles. The summed E-state index contributed by atoms with van der Waals surface area (Å²) in [5, 5.41) is 0. The Kier molecular flexibility index (Phi) is 4.19. The van der Waals surface area contributed by atoms with Gasteiger partial charge in [0.25, 0.3) is 0 Å². The Morgan fingerprint density at radius 2 is 2.33 bits per heavy atom. The molecule has 2 unspecified atom stereocenters. The highest BCUT2D eigenvalue weighted by molar-refractivity contribution is 5.55. The number of anilines is 1. The van der Waals surface area contributed by atoms with E-state index in [9.17, 15) is 4.39 Å². The van der Waals surface area contributed by atoms with Crippen molar-refractivity contribution in [1.82, 2.24) is 0 Å². The highest BCUT2D eigenvalue weighted by Crippen LogP contribution is 2.27. The highest BCUT2D eigenvalue weighted by atomic mass is 19.1. The van der Waals surface area contributed by atoms with E-state index in [0.717, 1.165) is 18.7 Å². The van der Waals surface area contributed by atoms with Crippen LogP contribution in [-0.2, 0) is 11.2 Å². The van der Waals surface area contributed by atoms with Crippen LogP contribution < -0.4 is 10.6 Å². The monoisotopic (exact) mass is 252 g/mol. The lowest BCUT2D eigenvalue weighted by atomic mass is 10.0. The number of para-hydroxylation sites is 1. The Balaban J connectivity index is 2.29. The molecule has 2 rings (SSSR count). The molecule has 1 aliphatic heterocycles. The molecule has 1 aromatic rings. The van der Waals surface area contributed by atoms with Gasteiger partial charge in [0, 0.05) is 19.1 Å². The summed E-state index contributed by atoms with van der Waals surface area (Å²) in [6.45, 7) is 6.06. The standard InChI is InChI=1S/C14H21FN2O/c1-10(16)8-12-4-3-5-13(15)14(12)17-6-7-18-11(2)9-17/h3-5,10-11H,6-9,16H2,1-2H3. The minimum atomic E-state index is -0.165. The summed E-state index contributed by atoms with van der Waals surface area (Å²) >= 11 is 0. The van der Waals surface area contributed by atoms with Gasteiger partial charge >= 0.3 is 0 Å². The number of hydrogen-bond acceptors (Lipinski definition) is 3. The second kappa shape index (κ2) is 5.67. The predicted molar refractivity (Wildman–Crippen MR) is 71.4 cm³/mol. The van der Waals surface area contributed by atoms with E-state index in [0.29, 0.717) is 18.7 Å². The lowest BCUT2D eigenvalue weighted by Crippen LogP contribution is -2.42. The second-order valence-electron chi connectivity index (χ2n) is 5.06. The van der Waals surface area contributed by atoms with Gasteiger partial charge < -0.3 is 15.4 Å². The summed E-state index contributed by atoms with van der Waals surface area (Å²) in [4.78, 5) is 2.07. The average molecular weight is 252 g/mol. The number of halogens is 1. The molecule has 0 aromatic heterocycles. The summed E-state index contributed by atoms with van der Waals surface area (Å²) in [5.74, 6) is -0.165. The molecule has 18 heavy (non-hydrogen) atoms. The summed E-state index contributed by atoms with van der Waals surface area (Å²) in [6, 6.07) is 5.26. The van der Waals surface area contributed by atoms with Crippen LogP contribution in [0.25, 0.3) is 0 Å². The van der Waals surface area contributed by atoms with E-state index in [-0.39, 0.29) is 18.0 Å². The minimum absolute atomic E-state index is 0.0315. The van der Waals surface area contributed by atoms with Crippen molar-refractivity contribution in [2.45, 2.75) is 32.4 Å². The van der Waals surface area contributed by atoms with Gasteiger partial charge in [-0.25, -0.2) is 4.39 Å². The molecular formula is C14H21FN2O. The Morgan fingerprint density at radius 1 is 1.56 bits per heavy atom. The van der Waals surface area contributed by atoms with Crippen molar-refractivity contribution in [1.29, 1.82) is 0 Å². The molecule has 1 heterocycles. The fourth-order valence-corrected chi connectivity index (χ4v) is 2.45. The molecule has 4 heteroatoms. The zero-order chi connectivity index (χ0) is 13.1. The van der Waals surface area contributed by atoms with Crippen molar-refractivity contribution in [3.63, 3.8) is 0 Å². The van der Waals surface area contributed by atoms with Crippen molar-refractivity contribution in [3.05, 3.63) is 29.6 Å². The molecule has 2 atom stereocenters. The van der Waals surface area contributed by atoms with Crippen LogP contribution in [-0.4, -0.2) is 31.8 Å². The van der Waals surface area contributed by atoms with Gasteiger partial charge in [0.1, 0.15) is 5.82 Å². The van der Waals surface area contributed by atoms with Crippen molar-refractivity contribution in [3.8, 4) is 0 Å². The predicted octanol–water partition coefficient (Wildman–Crippen LogP) is 1.94. The second-order valence-corrected chi connectivity index (χ2v) is 5.06. The van der Waals surface area contributed by atoms with Crippen molar-refractivity contribution in [2.75, 3.05) is 24.6 Å². The van der Waals surface area contributed by atoms with Crippen LogP contribution in [0.1, 0.15) is 19.4 Å². The molecule has 1 aliphatic rings. The number of nitrogens with zero attached hydrogens (tertiary/aromatic N) is 1. The van der Waals surface area contributed by atoms with Gasteiger partial charge in [0.05, 0.1) is 18.4 Å². The average Bonchev–Trinajstić information content (AvgIpc) is 2.28. The maximum Gasteiger partial charge on any atom is 0.146 e. The first kappa shape index (κ1) is 13.3. The molecule has 0 bridgehead atoms. The van der Waals surface area contributed by atoms with Gasteiger partial charge in [0.2, 0.25) is 0 Å². The fraction of sp³-hybridized carbons (Fsp3) is 0.571. The SMILES string of the molecule is CC(N)Cc1cccc(F)c1N1CCOC(C)C1. The molecule has 0 amide bonds. The van der Waals surface area contributed by atoms with E-state index >= 15 is 0 Å². The lowest BCUT2D eigenvalue weighted by Gasteiger charge is -2.34. The number of hydrogen-bond donors (Lipinski definition) is 1. The summed E-state index contributed by atoms with van der Waals surface area (Å²) in [5.41, 5.74) is 7.52. The largest absolute Gasteiger partial charge is 0.375 e. The summed E-state index contributed by atoms with van der Waals surface area (Å²) < 4.78 is 19.6. The lowest BCUT2D eigenvalue weighted by molar-refractivity contribution is 0.0529. The topological polar surface area (TPSA) is 38.5 Å². The maximum atomic E-state index is 14.1. The number of morpholine rings is 1. The van der Waals surface area contributed by atoms with Crippen LogP contribution in [0.2, 0.25) is 0 Å². The van der Waals surface area contributed by atoms with E-state index in [1.165, 1.54) is 6.07 Å². The van der Waals surface area contributed by atoms with Crippen LogP contribution >= 0.6 is 0 Å². The minimum Gasteiger partial charge on any atom is -0.375 e.